The van der Waals surface area contributed by atoms with Gasteiger partial charge in [0.1, 0.15) is 5.75 Å². The number of piperidine rings is 1. The highest BCUT2D eigenvalue weighted by molar-refractivity contribution is 5.96. The zero-order valence-electron chi connectivity index (χ0n) is 18.9. The van der Waals surface area contributed by atoms with E-state index in [0.29, 0.717) is 18.5 Å². The van der Waals surface area contributed by atoms with Gasteiger partial charge in [0, 0.05) is 37.3 Å². The van der Waals surface area contributed by atoms with Crippen molar-refractivity contribution in [1.82, 2.24) is 9.80 Å². The fourth-order valence-electron chi connectivity index (χ4n) is 5.46. The van der Waals surface area contributed by atoms with Gasteiger partial charge in [-0.05, 0) is 89.7 Å². The van der Waals surface area contributed by atoms with E-state index in [9.17, 15) is 4.79 Å². The molecule has 30 heavy (non-hydrogen) atoms. The lowest BCUT2D eigenvalue weighted by atomic mass is 10.0. The highest BCUT2D eigenvalue weighted by atomic mass is 16.5. The van der Waals surface area contributed by atoms with E-state index in [1.165, 1.54) is 45.2 Å². The maximum atomic E-state index is 12.6. The summed E-state index contributed by atoms with van der Waals surface area (Å²) in [5.74, 6) is 1.17. The lowest BCUT2D eigenvalue weighted by molar-refractivity contribution is -0.117. The second-order valence-corrected chi connectivity index (χ2v) is 9.52. The van der Waals surface area contributed by atoms with Gasteiger partial charge in [-0.15, -0.1) is 0 Å². The minimum atomic E-state index is 0.262. The Labute approximate surface area is 182 Å². The van der Waals surface area contributed by atoms with E-state index in [1.807, 2.05) is 17.0 Å². The van der Waals surface area contributed by atoms with Crippen molar-refractivity contribution in [2.45, 2.75) is 83.3 Å². The van der Waals surface area contributed by atoms with E-state index in [2.05, 4.69) is 35.8 Å². The van der Waals surface area contributed by atoms with E-state index in [-0.39, 0.29) is 5.91 Å². The van der Waals surface area contributed by atoms with Gasteiger partial charge >= 0.3 is 0 Å². The molecule has 1 aromatic rings. The van der Waals surface area contributed by atoms with E-state index in [0.717, 1.165) is 50.0 Å². The molecule has 3 saturated heterocycles. The van der Waals surface area contributed by atoms with Gasteiger partial charge in [0.15, 0.2) is 0 Å². The molecule has 166 valence electrons. The normalized spacial score (nSPS) is 28.4. The Morgan fingerprint density at radius 3 is 2.40 bits per heavy atom. The molecule has 5 heteroatoms. The summed E-state index contributed by atoms with van der Waals surface area (Å²) in [4.78, 5) is 19.8. The molecule has 3 aliphatic heterocycles. The average molecular weight is 414 g/mol. The summed E-state index contributed by atoms with van der Waals surface area (Å²) in [6, 6.07) is 9.84. The smallest absolute Gasteiger partial charge is 0.227 e. The minimum absolute atomic E-state index is 0.262. The lowest BCUT2D eigenvalue weighted by Crippen LogP contribution is -2.47. The van der Waals surface area contributed by atoms with Gasteiger partial charge in [-0.25, -0.2) is 0 Å². The minimum Gasteiger partial charge on any atom is -0.494 e. The summed E-state index contributed by atoms with van der Waals surface area (Å²) >= 11 is 0. The quantitative estimate of drug-likeness (QED) is 0.595. The Bertz CT molecular complexity index is 692. The summed E-state index contributed by atoms with van der Waals surface area (Å²) in [5.41, 5.74) is 1.02. The van der Waals surface area contributed by atoms with Gasteiger partial charge in [0.2, 0.25) is 5.91 Å². The van der Waals surface area contributed by atoms with Crippen molar-refractivity contribution in [3.05, 3.63) is 24.3 Å². The Morgan fingerprint density at radius 1 is 0.933 bits per heavy atom. The number of rotatable bonds is 8. The molecule has 0 N–H and O–H groups in total. The van der Waals surface area contributed by atoms with Crippen LogP contribution in [0.4, 0.5) is 5.69 Å². The fraction of sp³-hybridized carbons (Fsp3) is 0.720. The van der Waals surface area contributed by atoms with Crippen LogP contribution >= 0.6 is 0 Å². The van der Waals surface area contributed by atoms with Gasteiger partial charge in [-0.1, -0.05) is 6.42 Å². The zero-order valence-corrected chi connectivity index (χ0v) is 18.9. The van der Waals surface area contributed by atoms with Crippen LogP contribution in [-0.4, -0.2) is 66.6 Å². The molecule has 0 radical (unpaired) electrons. The number of benzene rings is 1. The lowest BCUT2D eigenvalue weighted by Gasteiger charge is -2.37. The standard InChI is InChI=1S/C25H39N3O2/c1-20-8-5-16-26(20)17-6-18-30-24-12-9-22(10-13-24)28-23(11-14-25(28)29)19-27-15-4-3-7-21(27)2/h9-10,12-13,20-21,23H,3-8,11,14-19H2,1-2H3/t20?,21?,23-/m0/s1. The van der Waals surface area contributed by atoms with Gasteiger partial charge in [-0.3, -0.25) is 9.69 Å². The SMILES string of the molecule is CC1CCCN1CCCOc1ccc(N2C(=O)CC[C@H]2CN2CCCCC2C)cc1. The van der Waals surface area contributed by atoms with Crippen LogP contribution in [0, 0.1) is 0 Å². The third-order valence-electron chi connectivity index (χ3n) is 7.37. The maximum Gasteiger partial charge on any atom is 0.227 e. The first-order chi connectivity index (χ1) is 14.6. The number of ether oxygens (including phenoxy) is 1. The second-order valence-electron chi connectivity index (χ2n) is 9.52. The Balaban J connectivity index is 1.28. The van der Waals surface area contributed by atoms with Crippen LogP contribution in [0.25, 0.3) is 0 Å². The first-order valence-corrected chi connectivity index (χ1v) is 12.1. The number of anilines is 1. The molecule has 0 aromatic heterocycles. The predicted molar refractivity (Wildman–Crippen MR) is 122 cm³/mol. The van der Waals surface area contributed by atoms with Crippen molar-refractivity contribution in [1.29, 1.82) is 0 Å². The molecule has 4 rings (SSSR count). The number of carbonyl (C=O) groups is 1. The van der Waals surface area contributed by atoms with Crippen molar-refractivity contribution in [2.75, 3.05) is 37.7 Å². The molecule has 3 heterocycles. The van der Waals surface area contributed by atoms with E-state index < -0.39 is 0 Å². The molecule has 1 amide bonds. The van der Waals surface area contributed by atoms with E-state index in [4.69, 9.17) is 4.74 Å². The molecule has 3 atom stereocenters. The van der Waals surface area contributed by atoms with Crippen LogP contribution in [0.2, 0.25) is 0 Å². The molecule has 5 nitrogen and oxygen atoms in total. The molecule has 0 saturated carbocycles. The fourth-order valence-corrected chi connectivity index (χ4v) is 5.46. The highest BCUT2D eigenvalue weighted by Crippen LogP contribution is 2.30. The van der Waals surface area contributed by atoms with Crippen molar-refractivity contribution in [3.8, 4) is 5.75 Å². The molecule has 3 fully saturated rings. The number of hydrogen-bond donors (Lipinski definition) is 0. The van der Waals surface area contributed by atoms with Crippen LogP contribution in [0.5, 0.6) is 5.75 Å². The molecule has 1 aromatic carbocycles. The third-order valence-corrected chi connectivity index (χ3v) is 7.37. The number of hydrogen-bond acceptors (Lipinski definition) is 4. The highest BCUT2D eigenvalue weighted by Gasteiger charge is 2.34. The van der Waals surface area contributed by atoms with Crippen LogP contribution in [0.1, 0.15) is 65.2 Å². The summed E-state index contributed by atoms with van der Waals surface area (Å²) in [6.07, 6.45) is 9.26. The second kappa shape index (κ2) is 10.1. The van der Waals surface area contributed by atoms with Gasteiger partial charge < -0.3 is 14.5 Å². The number of nitrogens with zero attached hydrogens (tertiary/aromatic N) is 3. The van der Waals surface area contributed by atoms with E-state index >= 15 is 0 Å². The third kappa shape index (κ3) is 5.17. The number of amides is 1. The molecule has 0 bridgehead atoms. The molecule has 3 aliphatic rings. The summed E-state index contributed by atoms with van der Waals surface area (Å²) in [6.45, 7) is 9.93. The number of carbonyl (C=O) groups excluding carboxylic acids is 1. The zero-order chi connectivity index (χ0) is 20.9. The average Bonchev–Trinajstić information content (AvgIpc) is 3.33. The Kier molecular flexibility index (Phi) is 7.32. The molecule has 0 aliphatic carbocycles. The van der Waals surface area contributed by atoms with Crippen molar-refractivity contribution >= 4 is 11.6 Å². The van der Waals surface area contributed by atoms with Crippen LogP contribution in [-0.2, 0) is 4.79 Å². The monoisotopic (exact) mass is 413 g/mol. The van der Waals surface area contributed by atoms with Crippen LogP contribution in [0.3, 0.4) is 0 Å². The van der Waals surface area contributed by atoms with Crippen molar-refractivity contribution in [3.63, 3.8) is 0 Å². The van der Waals surface area contributed by atoms with Crippen LogP contribution < -0.4 is 9.64 Å². The van der Waals surface area contributed by atoms with Crippen molar-refractivity contribution < 1.29 is 9.53 Å². The first kappa shape index (κ1) is 21.6. The largest absolute Gasteiger partial charge is 0.494 e. The molecule has 0 spiro atoms. The Hall–Kier alpha value is -1.59. The van der Waals surface area contributed by atoms with Gasteiger partial charge in [0.25, 0.3) is 0 Å². The van der Waals surface area contributed by atoms with Crippen molar-refractivity contribution in [2.24, 2.45) is 0 Å². The van der Waals surface area contributed by atoms with Crippen LogP contribution in [0.15, 0.2) is 24.3 Å². The first-order valence-electron chi connectivity index (χ1n) is 12.1. The van der Waals surface area contributed by atoms with Gasteiger partial charge in [-0.2, -0.15) is 0 Å². The molecular formula is C25H39N3O2. The van der Waals surface area contributed by atoms with E-state index in [1.54, 1.807) is 0 Å². The molecular weight excluding hydrogens is 374 g/mol. The summed E-state index contributed by atoms with van der Waals surface area (Å²) in [7, 11) is 0. The topological polar surface area (TPSA) is 36.0 Å². The Morgan fingerprint density at radius 2 is 1.67 bits per heavy atom. The predicted octanol–water partition coefficient (Wildman–Crippen LogP) is 4.31. The summed E-state index contributed by atoms with van der Waals surface area (Å²) < 4.78 is 5.97. The summed E-state index contributed by atoms with van der Waals surface area (Å²) in [5, 5.41) is 0. The maximum absolute atomic E-state index is 12.6. The number of likely N-dealkylation sites (tertiary alicyclic amines) is 2. The van der Waals surface area contributed by atoms with Gasteiger partial charge in [0.05, 0.1) is 12.6 Å². The molecule has 2 unspecified atom stereocenters.